The van der Waals surface area contributed by atoms with Crippen LogP contribution in [0.25, 0.3) is 22.2 Å². The van der Waals surface area contributed by atoms with Gasteiger partial charge in [-0.15, -0.1) is 0 Å². The highest BCUT2D eigenvalue weighted by Gasteiger charge is 2.16. The van der Waals surface area contributed by atoms with E-state index in [0.29, 0.717) is 16.7 Å². The quantitative estimate of drug-likeness (QED) is 0.486. The molecule has 7 heteroatoms. The number of aryl methyl sites for hydroxylation is 1. The first-order valence-corrected chi connectivity index (χ1v) is 9.19. The Morgan fingerprint density at radius 3 is 2.63 bits per heavy atom. The Morgan fingerprint density at radius 1 is 1.07 bits per heavy atom. The molecule has 3 aromatic carbocycles. The minimum Gasteiger partial charge on any atom is -0.452 e. The van der Waals surface area contributed by atoms with Crippen molar-refractivity contribution in [3.63, 3.8) is 0 Å². The number of hydrogen-bond acceptors (Lipinski definition) is 5. The molecule has 1 amide bonds. The highest BCUT2D eigenvalue weighted by atomic mass is 19.1. The van der Waals surface area contributed by atoms with Crippen molar-refractivity contribution in [3.05, 3.63) is 83.7 Å². The predicted octanol–water partition coefficient (Wildman–Crippen LogP) is 4.74. The van der Waals surface area contributed by atoms with E-state index in [0.717, 1.165) is 11.1 Å². The van der Waals surface area contributed by atoms with E-state index in [1.54, 1.807) is 31.2 Å². The first-order chi connectivity index (χ1) is 14.5. The maximum atomic E-state index is 13.8. The molecule has 6 nitrogen and oxygen atoms in total. The first-order valence-electron chi connectivity index (χ1n) is 9.19. The standard InChI is InChI=1S/C23H17FN2O4/c1-14-7-9-20(18(24)11-14)25-21(27)13-29-23(28)16-8-10-19-17(12-16)22(30-26-19)15-5-3-2-4-6-15/h2-12H,13H2,1H3,(H,25,27). The Balaban J connectivity index is 1.46. The molecule has 0 unspecified atom stereocenters. The smallest absolute Gasteiger partial charge is 0.338 e. The van der Waals surface area contributed by atoms with E-state index >= 15 is 0 Å². The van der Waals surface area contributed by atoms with Gasteiger partial charge in [0.15, 0.2) is 12.4 Å². The number of ether oxygens (including phenoxy) is 1. The number of aromatic nitrogens is 1. The number of esters is 1. The summed E-state index contributed by atoms with van der Waals surface area (Å²) in [6.07, 6.45) is 0. The minimum absolute atomic E-state index is 0.0278. The van der Waals surface area contributed by atoms with Crippen molar-refractivity contribution in [1.82, 2.24) is 5.16 Å². The number of hydrogen-bond donors (Lipinski definition) is 1. The van der Waals surface area contributed by atoms with Gasteiger partial charge < -0.3 is 14.6 Å². The molecule has 0 radical (unpaired) electrons. The SMILES string of the molecule is Cc1ccc(NC(=O)COC(=O)c2ccc3noc(-c4ccccc4)c3c2)c(F)c1. The average molecular weight is 404 g/mol. The Morgan fingerprint density at radius 2 is 1.87 bits per heavy atom. The summed E-state index contributed by atoms with van der Waals surface area (Å²) >= 11 is 0. The second kappa shape index (κ2) is 8.16. The van der Waals surface area contributed by atoms with Crippen molar-refractivity contribution in [3.8, 4) is 11.3 Å². The van der Waals surface area contributed by atoms with Crippen LogP contribution in [0.4, 0.5) is 10.1 Å². The molecule has 150 valence electrons. The third-order valence-corrected chi connectivity index (χ3v) is 4.48. The normalized spacial score (nSPS) is 10.7. The van der Waals surface area contributed by atoms with Gasteiger partial charge in [-0.3, -0.25) is 4.79 Å². The lowest BCUT2D eigenvalue weighted by Crippen LogP contribution is -2.21. The van der Waals surface area contributed by atoms with E-state index in [2.05, 4.69) is 10.5 Å². The summed E-state index contributed by atoms with van der Waals surface area (Å²) in [5.74, 6) is -1.34. The molecule has 1 aromatic heterocycles. The van der Waals surface area contributed by atoms with Gasteiger partial charge in [-0.1, -0.05) is 41.6 Å². The molecule has 0 bridgehead atoms. The van der Waals surface area contributed by atoms with Gasteiger partial charge in [-0.2, -0.15) is 0 Å². The third kappa shape index (κ3) is 4.05. The number of benzene rings is 3. The zero-order chi connectivity index (χ0) is 21.1. The number of amides is 1. The van der Waals surface area contributed by atoms with Crippen LogP contribution in [0.2, 0.25) is 0 Å². The lowest BCUT2D eigenvalue weighted by molar-refractivity contribution is -0.119. The number of fused-ring (bicyclic) bond motifs is 1. The molecule has 0 aliphatic carbocycles. The van der Waals surface area contributed by atoms with E-state index < -0.39 is 24.3 Å². The molecule has 1 heterocycles. The van der Waals surface area contributed by atoms with E-state index in [1.807, 2.05) is 30.3 Å². The molecule has 30 heavy (non-hydrogen) atoms. The number of anilines is 1. The number of nitrogens with zero attached hydrogens (tertiary/aromatic N) is 1. The van der Waals surface area contributed by atoms with Crippen molar-refractivity contribution in [1.29, 1.82) is 0 Å². The Bertz CT molecular complexity index is 1230. The summed E-state index contributed by atoms with van der Waals surface area (Å²) in [6, 6.07) is 18.6. The van der Waals surface area contributed by atoms with Crippen LogP contribution >= 0.6 is 0 Å². The zero-order valence-electron chi connectivity index (χ0n) is 16.0. The lowest BCUT2D eigenvalue weighted by atomic mass is 10.1. The van der Waals surface area contributed by atoms with E-state index in [4.69, 9.17) is 9.26 Å². The molecule has 4 rings (SSSR count). The van der Waals surface area contributed by atoms with Crippen molar-refractivity contribution >= 4 is 28.5 Å². The van der Waals surface area contributed by atoms with Crippen LogP contribution < -0.4 is 5.32 Å². The highest BCUT2D eigenvalue weighted by Crippen LogP contribution is 2.29. The van der Waals surface area contributed by atoms with Crippen LogP contribution in [0.3, 0.4) is 0 Å². The molecule has 0 saturated heterocycles. The fraction of sp³-hybridized carbons (Fsp3) is 0.0870. The lowest BCUT2D eigenvalue weighted by Gasteiger charge is -2.08. The van der Waals surface area contributed by atoms with Gasteiger partial charge >= 0.3 is 5.97 Å². The van der Waals surface area contributed by atoms with Gasteiger partial charge in [-0.25, -0.2) is 9.18 Å². The Labute approximate surface area is 171 Å². The molecule has 4 aromatic rings. The van der Waals surface area contributed by atoms with Crippen molar-refractivity contribution in [2.75, 3.05) is 11.9 Å². The largest absolute Gasteiger partial charge is 0.452 e. The second-order valence-electron chi connectivity index (χ2n) is 6.72. The Kier molecular flexibility index (Phi) is 5.26. The van der Waals surface area contributed by atoms with E-state index in [-0.39, 0.29) is 11.3 Å². The maximum Gasteiger partial charge on any atom is 0.338 e. The summed E-state index contributed by atoms with van der Waals surface area (Å²) in [7, 11) is 0. The molecule has 0 atom stereocenters. The van der Waals surface area contributed by atoms with Crippen LogP contribution in [0.15, 0.2) is 71.3 Å². The Hall–Kier alpha value is -4.00. The summed E-state index contributed by atoms with van der Waals surface area (Å²) in [5, 5.41) is 7.04. The van der Waals surface area contributed by atoms with Gasteiger partial charge in [0, 0.05) is 5.56 Å². The minimum atomic E-state index is -0.684. The van der Waals surface area contributed by atoms with Crippen LogP contribution in [0.5, 0.6) is 0 Å². The summed E-state index contributed by atoms with van der Waals surface area (Å²) < 4.78 is 24.3. The summed E-state index contributed by atoms with van der Waals surface area (Å²) in [6.45, 7) is 1.20. The molecular weight excluding hydrogens is 387 g/mol. The topological polar surface area (TPSA) is 81.4 Å². The summed E-state index contributed by atoms with van der Waals surface area (Å²) in [4.78, 5) is 24.4. The maximum absolute atomic E-state index is 13.8. The predicted molar refractivity (Wildman–Crippen MR) is 109 cm³/mol. The van der Waals surface area contributed by atoms with Gasteiger partial charge in [0.1, 0.15) is 11.3 Å². The summed E-state index contributed by atoms with van der Waals surface area (Å²) in [5.41, 5.74) is 2.43. The van der Waals surface area contributed by atoms with Crippen LogP contribution in [-0.2, 0) is 9.53 Å². The molecule has 0 fully saturated rings. The molecule has 1 N–H and O–H groups in total. The number of rotatable bonds is 5. The van der Waals surface area contributed by atoms with Crippen LogP contribution in [0.1, 0.15) is 15.9 Å². The van der Waals surface area contributed by atoms with E-state index in [9.17, 15) is 14.0 Å². The third-order valence-electron chi connectivity index (χ3n) is 4.48. The fourth-order valence-corrected chi connectivity index (χ4v) is 2.99. The highest BCUT2D eigenvalue weighted by molar-refractivity contribution is 6.00. The molecule has 0 aliphatic heterocycles. The van der Waals surface area contributed by atoms with Gasteiger partial charge in [0.2, 0.25) is 0 Å². The number of nitrogens with one attached hydrogen (secondary N) is 1. The van der Waals surface area contributed by atoms with Crippen molar-refractivity contribution < 1.29 is 23.2 Å². The fourth-order valence-electron chi connectivity index (χ4n) is 2.99. The average Bonchev–Trinajstić information content (AvgIpc) is 3.18. The first kappa shape index (κ1) is 19.3. The van der Waals surface area contributed by atoms with Crippen molar-refractivity contribution in [2.45, 2.75) is 6.92 Å². The molecule has 0 aliphatic rings. The van der Waals surface area contributed by atoms with Gasteiger partial charge in [0.25, 0.3) is 5.91 Å². The monoisotopic (exact) mass is 404 g/mol. The van der Waals surface area contributed by atoms with Crippen LogP contribution in [-0.4, -0.2) is 23.6 Å². The number of carbonyl (C=O) groups excluding carboxylic acids is 2. The van der Waals surface area contributed by atoms with Crippen molar-refractivity contribution in [2.24, 2.45) is 0 Å². The van der Waals surface area contributed by atoms with Gasteiger partial charge in [0.05, 0.1) is 16.6 Å². The number of halogens is 1. The second-order valence-corrected chi connectivity index (χ2v) is 6.72. The van der Waals surface area contributed by atoms with Gasteiger partial charge in [-0.05, 0) is 42.8 Å². The zero-order valence-corrected chi connectivity index (χ0v) is 16.0. The molecular formula is C23H17FN2O4. The molecule has 0 saturated carbocycles. The van der Waals surface area contributed by atoms with E-state index in [1.165, 1.54) is 12.1 Å². The number of carbonyl (C=O) groups is 2. The molecule has 0 spiro atoms. The van der Waals surface area contributed by atoms with Crippen LogP contribution in [0, 0.1) is 12.7 Å².